The van der Waals surface area contributed by atoms with Crippen molar-refractivity contribution in [2.45, 2.75) is 50.1 Å². The molecule has 1 aliphatic rings. The molecule has 2 aromatic heterocycles. The fourth-order valence-electron chi connectivity index (χ4n) is 4.64. The molecule has 0 spiro atoms. The first-order valence-electron chi connectivity index (χ1n) is 12.0. The molecule has 1 N–H and O–H groups in total. The molecule has 4 aromatic rings. The Hall–Kier alpha value is -3.17. The Morgan fingerprint density at radius 2 is 1.86 bits per heavy atom. The molecule has 182 valence electrons. The Kier molecular flexibility index (Phi) is 6.88. The number of nitrogens with zero attached hydrogens (tertiary/aromatic N) is 5. The van der Waals surface area contributed by atoms with E-state index in [0.29, 0.717) is 17.0 Å². The van der Waals surface area contributed by atoms with Crippen LogP contribution in [0.2, 0.25) is 0 Å². The first-order chi connectivity index (χ1) is 17.0. The maximum absolute atomic E-state index is 12.6. The molecule has 1 aliphatic heterocycles. The number of hydrogen-bond donors (Lipinski definition) is 1. The highest BCUT2D eigenvalue weighted by atomic mass is 32.2. The zero-order valence-corrected chi connectivity index (χ0v) is 21.1. The Bertz CT molecular complexity index is 1380. The summed E-state index contributed by atoms with van der Waals surface area (Å²) in [6.45, 7) is 6.32. The number of likely N-dealkylation sites (tertiary alicyclic amines) is 1. The second kappa shape index (κ2) is 10.2. The highest BCUT2D eigenvalue weighted by Gasteiger charge is 2.25. The second-order valence-corrected chi connectivity index (χ2v) is 9.86. The van der Waals surface area contributed by atoms with Gasteiger partial charge < -0.3 is 9.72 Å². The molecule has 8 nitrogen and oxygen atoms in total. The van der Waals surface area contributed by atoms with Crippen molar-refractivity contribution < 1.29 is 4.74 Å². The number of ether oxygens (including phenoxy) is 1. The van der Waals surface area contributed by atoms with E-state index in [0.717, 1.165) is 46.6 Å². The summed E-state index contributed by atoms with van der Waals surface area (Å²) >= 11 is 1.52. The number of aryl methyl sites for hydroxylation is 1. The molecule has 0 aliphatic carbocycles. The number of rotatable bonds is 7. The number of para-hydroxylation sites is 1. The van der Waals surface area contributed by atoms with Crippen LogP contribution >= 0.6 is 11.8 Å². The predicted octanol–water partition coefficient (Wildman–Crippen LogP) is 4.66. The predicted molar refractivity (Wildman–Crippen MR) is 138 cm³/mol. The van der Waals surface area contributed by atoms with E-state index >= 15 is 0 Å². The molecule has 0 amide bonds. The van der Waals surface area contributed by atoms with E-state index in [-0.39, 0.29) is 11.6 Å². The topological polar surface area (TPSA) is 88.9 Å². The van der Waals surface area contributed by atoms with Crippen molar-refractivity contribution in [3.05, 3.63) is 70.0 Å². The Balaban J connectivity index is 1.48. The summed E-state index contributed by atoms with van der Waals surface area (Å²) in [4.78, 5) is 22.8. The van der Waals surface area contributed by atoms with Gasteiger partial charge in [0, 0.05) is 5.69 Å². The van der Waals surface area contributed by atoms with E-state index < -0.39 is 0 Å². The summed E-state index contributed by atoms with van der Waals surface area (Å²) in [6.07, 6.45) is 3.71. The van der Waals surface area contributed by atoms with E-state index in [1.165, 1.54) is 31.0 Å². The number of hydrogen-bond acceptors (Lipinski definition) is 7. The average molecular weight is 491 g/mol. The van der Waals surface area contributed by atoms with E-state index in [1.54, 1.807) is 13.2 Å². The molecule has 35 heavy (non-hydrogen) atoms. The summed E-state index contributed by atoms with van der Waals surface area (Å²) in [7, 11) is 1.66. The monoisotopic (exact) mass is 490 g/mol. The van der Waals surface area contributed by atoms with Crippen LogP contribution in [0.15, 0.2) is 52.4 Å². The van der Waals surface area contributed by atoms with Crippen LogP contribution < -0.4 is 10.3 Å². The number of methoxy groups -OCH3 is 1. The molecule has 0 radical (unpaired) electrons. The lowest BCUT2D eigenvalue weighted by molar-refractivity contribution is 0.167. The molecule has 2 aromatic carbocycles. The number of aromatic amines is 1. The number of piperidine rings is 1. The first-order valence-corrected chi connectivity index (χ1v) is 13.0. The van der Waals surface area contributed by atoms with Crippen molar-refractivity contribution in [1.29, 1.82) is 0 Å². The largest absolute Gasteiger partial charge is 0.497 e. The van der Waals surface area contributed by atoms with Crippen LogP contribution in [-0.2, 0) is 5.75 Å². The van der Waals surface area contributed by atoms with Gasteiger partial charge in [0.25, 0.3) is 5.56 Å². The Labute approximate surface area is 208 Å². The number of aromatic nitrogens is 5. The van der Waals surface area contributed by atoms with E-state index in [1.807, 2.05) is 43.3 Å². The van der Waals surface area contributed by atoms with Gasteiger partial charge >= 0.3 is 0 Å². The summed E-state index contributed by atoms with van der Waals surface area (Å²) in [5.74, 6) is 2.81. The average Bonchev–Trinajstić information content (AvgIpc) is 3.32. The summed E-state index contributed by atoms with van der Waals surface area (Å²) in [5, 5.41) is 10.6. The molecule has 5 rings (SSSR count). The molecule has 9 heteroatoms. The van der Waals surface area contributed by atoms with Crippen LogP contribution in [0.3, 0.4) is 0 Å². The maximum Gasteiger partial charge on any atom is 0.258 e. The van der Waals surface area contributed by atoms with Gasteiger partial charge in [0.2, 0.25) is 0 Å². The zero-order chi connectivity index (χ0) is 24.4. The van der Waals surface area contributed by atoms with Gasteiger partial charge in [0.1, 0.15) is 11.6 Å². The van der Waals surface area contributed by atoms with Crippen LogP contribution in [0.5, 0.6) is 5.75 Å². The lowest BCUT2D eigenvalue weighted by Crippen LogP contribution is -2.33. The number of nitrogens with one attached hydrogen (secondary N) is 1. The minimum atomic E-state index is -0.120. The number of thioether (sulfide) groups is 1. The van der Waals surface area contributed by atoms with Crippen molar-refractivity contribution in [2.24, 2.45) is 0 Å². The lowest BCUT2D eigenvalue weighted by Gasteiger charge is -2.31. The standard InChI is InChI=1S/C26H30N6O2S/c1-17-8-7-9-21-23(17)27-22(28-25(21)33)16-35-26-30-29-24(18(2)31-14-5-4-6-15-31)32(26)19-10-12-20(34-3)13-11-19/h7-13,18H,4-6,14-16H2,1-3H3,(H,27,28,33). The van der Waals surface area contributed by atoms with Gasteiger partial charge in [-0.15, -0.1) is 10.2 Å². The van der Waals surface area contributed by atoms with Crippen molar-refractivity contribution in [3.63, 3.8) is 0 Å². The number of benzene rings is 2. The van der Waals surface area contributed by atoms with Gasteiger partial charge in [-0.2, -0.15) is 0 Å². The maximum atomic E-state index is 12.6. The van der Waals surface area contributed by atoms with Gasteiger partial charge in [-0.05, 0) is 75.7 Å². The van der Waals surface area contributed by atoms with Crippen LogP contribution in [0, 0.1) is 6.92 Å². The van der Waals surface area contributed by atoms with Gasteiger partial charge in [0.15, 0.2) is 11.0 Å². The van der Waals surface area contributed by atoms with E-state index in [4.69, 9.17) is 9.72 Å². The molecule has 1 atom stereocenters. The molecule has 1 unspecified atom stereocenters. The highest BCUT2D eigenvalue weighted by molar-refractivity contribution is 7.98. The molecule has 0 saturated carbocycles. The second-order valence-electron chi connectivity index (χ2n) is 8.92. The van der Waals surface area contributed by atoms with Gasteiger partial charge in [0.05, 0.1) is 29.8 Å². The molecular formula is C26H30N6O2S. The highest BCUT2D eigenvalue weighted by Crippen LogP contribution is 2.31. The third-order valence-corrected chi connectivity index (χ3v) is 7.57. The third kappa shape index (κ3) is 4.83. The first kappa shape index (κ1) is 23.6. The summed E-state index contributed by atoms with van der Waals surface area (Å²) in [6, 6.07) is 13.7. The fraction of sp³-hybridized carbons (Fsp3) is 0.385. The fourth-order valence-corrected chi connectivity index (χ4v) is 5.47. The Morgan fingerprint density at radius 3 is 2.60 bits per heavy atom. The van der Waals surface area contributed by atoms with Crippen molar-refractivity contribution in [3.8, 4) is 11.4 Å². The summed E-state index contributed by atoms with van der Waals surface area (Å²) in [5.41, 5.74) is 2.58. The molecule has 1 fully saturated rings. The quantitative estimate of drug-likeness (QED) is 0.377. The Morgan fingerprint density at radius 1 is 1.09 bits per heavy atom. The normalized spacial score (nSPS) is 15.4. The zero-order valence-electron chi connectivity index (χ0n) is 20.3. The molecule has 0 bridgehead atoms. The van der Waals surface area contributed by atoms with Crippen molar-refractivity contribution in [1.82, 2.24) is 29.6 Å². The number of fused-ring (bicyclic) bond motifs is 1. The van der Waals surface area contributed by atoms with Crippen molar-refractivity contribution >= 4 is 22.7 Å². The minimum absolute atomic E-state index is 0.120. The van der Waals surface area contributed by atoms with Crippen LogP contribution in [0.25, 0.3) is 16.6 Å². The van der Waals surface area contributed by atoms with Gasteiger partial charge in [-0.1, -0.05) is 30.3 Å². The SMILES string of the molecule is COc1ccc(-n2c(SCc3nc4c(C)cccc4c(=O)[nH]3)nnc2C(C)N2CCCCC2)cc1. The van der Waals surface area contributed by atoms with Crippen molar-refractivity contribution in [2.75, 3.05) is 20.2 Å². The lowest BCUT2D eigenvalue weighted by atomic mass is 10.1. The van der Waals surface area contributed by atoms with Gasteiger partial charge in [-0.3, -0.25) is 14.3 Å². The molecular weight excluding hydrogens is 460 g/mol. The molecule has 1 saturated heterocycles. The van der Waals surface area contributed by atoms with Crippen LogP contribution in [0.1, 0.15) is 49.4 Å². The van der Waals surface area contributed by atoms with E-state index in [9.17, 15) is 4.79 Å². The smallest absolute Gasteiger partial charge is 0.258 e. The third-order valence-electron chi connectivity index (χ3n) is 6.63. The van der Waals surface area contributed by atoms with E-state index in [2.05, 4.69) is 31.6 Å². The number of H-pyrrole nitrogens is 1. The summed E-state index contributed by atoms with van der Waals surface area (Å²) < 4.78 is 7.47. The van der Waals surface area contributed by atoms with Crippen LogP contribution in [-0.4, -0.2) is 49.8 Å². The van der Waals surface area contributed by atoms with Crippen LogP contribution in [0.4, 0.5) is 0 Å². The van der Waals surface area contributed by atoms with Gasteiger partial charge in [-0.25, -0.2) is 4.98 Å². The minimum Gasteiger partial charge on any atom is -0.497 e. The molecule has 3 heterocycles.